The number of sulfonamides is 1. The predicted octanol–water partition coefficient (Wildman–Crippen LogP) is 3.11. The average molecular weight is 373 g/mol. The van der Waals surface area contributed by atoms with Crippen LogP contribution in [0, 0.1) is 12.8 Å². The van der Waals surface area contributed by atoms with Gasteiger partial charge in [0.1, 0.15) is 4.21 Å². The molecule has 2 heterocycles. The number of carbonyl (C=O) groups is 1. The largest absolute Gasteiger partial charge is 0.343 e. The first kappa shape index (κ1) is 19.4. The summed E-state index contributed by atoms with van der Waals surface area (Å²) < 4.78 is 27.5. The van der Waals surface area contributed by atoms with Gasteiger partial charge in [0, 0.05) is 31.1 Å². The zero-order chi connectivity index (χ0) is 17.7. The lowest BCUT2D eigenvalue weighted by Gasteiger charge is -2.33. The number of rotatable bonds is 7. The number of nitrogens with zero attached hydrogens (tertiary/aromatic N) is 2. The molecule has 7 heteroatoms. The molecule has 0 bridgehead atoms. The SMILES string of the molecule is CCCCN(CC)C(=O)C1CCCN(S(=O)(=O)c2ccc(C)s2)C1. The molecule has 1 aliphatic heterocycles. The maximum atomic E-state index is 12.8. The van der Waals surface area contributed by atoms with Crippen molar-refractivity contribution in [2.75, 3.05) is 26.2 Å². The summed E-state index contributed by atoms with van der Waals surface area (Å²) in [4.78, 5) is 15.6. The van der Waals surface area contributed by atoms with Gasteiger partial charge in [0.25, 0.3) is 10.0 Å². The summed E-state index contributed by atoms with van der Waals surface area (Å²) in [7, 11) is -3.48. The van der Waals surface area contributed by atoms with Crippen molar-refractivity contribution in [3.05, 3.63) is 17.0 Å². The lowest BCUT2D eigenvalue weighted by Crippen LogP contribution is -2.46. The molecule has 1 atom stereocenters. The molecule has 1 unspecified atom stereocenters. The van der Waals surface area contributed by atoms with Crippen molar-refractivity contribution in [3.8, 4) is 0 Å². The highest BCUT2D eigenvalue weighted by Crippen LogP contribution is 2.28. The van der Waals surface area contributed by atoms with E-state index in [1.807, 2.05) is 24.8 Å². The van der Waals surface area contributed by atoms with E-state index >= 15 is 0 Å². The fourth-order valence-corrected chi connectivity index (χ4v) is 6.03. The van der Waals surface area contributed by atoms with Crippen LogP contribution in [0.3, 0.4) is 0 Å². The number of amides is 1. The van der Waals surface area contributed by atoms with E-state index in [0.717, 1.165) is 37.1 Å². The van der Waals surface area contributed by atoms with Crippen LogP contribution < -0.4 is 0 Å². The first-order valence-corrected chi connectivity index (χ1v) is 11.0. The molecule has 0 aromatic carbocycles. The Morgan fingerprint density at radius 3 is 2.71 bits per heavy atom. The Kier molecular flexibility index (Phi) is 6.83. The minimum Gasteiger partial charge on any atom is -0.343 e. The molecule has 0 spiro atoms. The molecule has 24 heavy (non-hydrogen) atoms. The highest BCUT2D eigenvalue weighted by molar-refractivity contribution is 7.91. The van der Waals surface area contributed by atoms with Crippen LogP contribution >= 0.6 is 11.3 Å². The van der Waals surface area contributed by atoms with Crippen molar-refractivity contribution < 1.29 is 13.2 Å². The van der Waals surface area contributed by atoms with E-state index in [9.17, 15) is 13.2 Å². The zero-order valence-corrected chi connectivity index (χ0v) is 16.5. The third-order valence-corrected chi connectivity index (χ3v) is 7.85. The van der Waals surface area contributed by atoms with E-state index < -0.39 is 10.0 Å². The molecule has 0 radical (unpaired) electrons. The van der Waals surface area contributed by atoms with Gasteiger partial charge in [0.2, 0.25) is 5.91 Å². The van der Waals surface area contributed by atoms with Gasteiger partial charge < -0.3 is 4.90 Å². The fraction of sp³-hybridized carbons (Fsp3) is 0.706. The first-order chi connectivity index (χ1) is 11.4. The van der Waals surface area contributed by atoms with Gasteiger partial charge in [-0.05, 0) is 45.2 Å². The maximum Gasteiger partial charge on any atom is 0.252 e. The summed E-state index contributed by atoms with van der Waals surface area (Å²) >= 11 is 1.29. The average Bonchev–Trinajstić information content (AvgIpc) is 3.02. The standard InChI is InChI=1S/C17H28N2O3S2/c1-4-6-11-18(5-2)17(20)15-8-7-12-19(13-15)24(21,22)16-10-9-14(3)23-16/h9-10,15H,4-8,11-13H2,1-3H3. The Hall–Kier alpha value is -0.920. The van der Waals surface area contributed by atoms with Crippen LogP contribution in [0.5, 0.6) is 0 Å². The van der Waals surface area contributed by atoms with Crippen molar-refractivity contribution in [3.63, 3.8) is 0 Å². The molecule has 136 valence electrons. The molecule has 0 aliphatic carbocycles. The number of piperidine rings is 1. The van der Waals surface area contributed by atoms with Gasteiger partial charge in [0.15, 0.2) is 0 Å². The summed E-state index contributed by atoms with van der Waals surface area (Å²) in [5.74, 6) is -0.111. The second kappa shape index (κ2) is 8.45. The molecular weight excluding hydrogens is 344 g/mol. The minimum atomic E-state index is -3.48. The number of unbranched alkanes of at least 4 members (excludes halogenated alkanes) is 1. The minimum absolute atomic E-state index is 0.105. The van der Waals surface area contributed by atoms with Crippen molar-refractivity contribution >= 4 is 27.3 Å². The highest BCUT2D eigenvalue weighted by Gasteiger charge is 2.35. The van der Waals surface area contributed by atoms with Crippen molar-refractivity contribution in [1.29, 1.82) is 0 Å². The van der Waals surface area contributed by atoms with Crippen LogP contribution in [0.1, 0.15) is 44.4 Å². The summed E-state index contributed by atoms with van der Waals surface area (Å²) in [6, 6.07) is 3.49. The lowest BCUT2D eigenvalue weighted by molar-refractivity contribution is -0.136. The Labute approximate surface area is 149 Å². The maximum absolute atomic E-state index is 12.8. The van der Waals surface area contributed by atoms with Crippen molar-refractivity contribution in [2.45, 2.75) is 50.7 Å². The smallest absolute Gasteiger partial charge is 0.252 e. The van der Waals surface area contributed by atoms with Crippen LogP contribution in [-0.4, -0.2) is 49.7 Å². The van der Waals surface area contributed by atoms with E-state index in [0.29, 0.717) is 23.8 Å². The van der Waals surface area contributed by atoms with Gasteiger partial charge in [0.05, 0.1) is 5.92 Å². The van der Waals surface area contributed by atoms with E-state index in [-0.39, 0.29) is 11.8 Å². The molecule has 5 nitrogen and oxygen atoms in total. The van der Waals surface area contributed by atoms with Crippen LogP contribution in [0.2, 0.25) is 0 Å². The Morgan fingerprint density at radius 1 is 1.38 bits per heavy atom. The molecule has 2 rings (SSSR count). The quantitative estimate of drug-likeness (QED) is 0.739. The molecule has 1 amide bonds. The Balaban J connectivity index is 2.09. The van der Waals surface area contributed by atoms with Crippen LogP contribution in [0.4, 0.5) is 0 Å². The normalized spacial score (nSPS) is 19.4. The summed E-state index contributed by atoms with van der Waals surface area (Å²) in [6.45, 7) is 8.25. The second-order valence-electron chi connectivity index (χ2n) is 6.34. The highest BCUT2D eigenvalue weighted by atomic mass is 32.2. The van der Waals surface area contributed by atoms with Gasteiger partial charge in [-0.25, -0.2) is 8.42 Å². The molecular formula is C17H28N2O3S2. The van der Waals surface area contributed by atoms with E-state index in [2.05, 4.69) is 6.92 Å². The summed E-state index contributed by atoms with van der Waals surface area (Å²) in [6.07, 6.45) is 3.55. The van der Waals surface area contributed by atoms with E-state index in [1.165, 1.54) is 15.6 Å². The molecule has 1 saturated heterocycles. The predicted molar refractivity (Wildman–Crippen MR) is 97.7 cm³/mol. The monoisotopic (exact) mass is 372 g/mol. The van der Waals surface area contributed by atoms with Gasteiger partial charge >= 0.3 is 0 Å². The van der Waals surface area contributed by atoms with Gasteiger partial charge in [-0.1, -0.05) is 13.3 Å². The van der Waals surface area contributed by atoms with Crippen LogP contribution in [-0.2, 0) is 14.8 Å². The van der Waals surface area contributed by atoms with E-state index in [4.69, 9.17) is 0 Å². The lowest BCUT2D eigenvalue weighted by atomic mass is 9.98. The number of hydrogen-bond acceptors (Lipinski definition) is 4. The van der Waals surface area contributed by atoms with Gasteiger partial charge in [-0.2, -0.15) is 4.31 Å². The summed E-state index contributed by atoms with van der Waals surface area (Å²) in [5, 5.41) is 0. The van der Waals surface area contributed by atoms with Gasteiger partial charge in [-0.3, -0.25) is 4.79 Å². The second-order valence-corrected chi connectivity index (χ2v) is 9.79. The Morgan fingerprint density at radius 2 is 2.12 bits per heavy atom. The number of aryl methyl sites for hydroxylation is 1. The molecule has 1 aliphatic rings. The van der Waals surface area contributed by atoms with E-state index in [1.54, 1.807) is 6.07 Å². The fourth-order valence-electron chi connectivity index (χ4n) is 3.07. The van der Waals surface area contributed by atoms with Crippen LogP contribution in [0.15, 0.2) is 16.3 Å². The first-order valence-electron chi connectivity index (χ1n) is 8.75. The van der Waals surface area contributed by atoms with Gasteiger partial charge in [-0.15, -0.1) is 11.3 Å². The molecule has 1 aromatic rings. The third kappa shape index (κ3) is 4.37. The third-order valence-electron chi connectivity index (χ3n) is 4.52. The molecule has 1 fully saturated rings. The molecule has 0 N–H and O–H groups in total. The topological polar surface area (TPSA) is 57.7 Å². The number of carbonyl (C=O) groups excluding carboxylic acids is 1. The molecule has 0 saturated carbocycles. The number of thiophene rings is 1. The van der Waals surface area contributed by atoms with Crippen molar-refractivity contribution in [1.82, 2.24) is 9.21 Å². The Bertz CT molecular complexity index is 655. The zero-order valence-electron chi connectivity index (χ0n) is 14.8. The van der Waals surface area contributed by atoms with Crippen molar-refractivity contribution in [2.24, 2.45) is 5.92 Å². The van der Waals surface area contributed by atoms with Crippen LogP contribution in [0.25, 0.3) is 0 Å². The summed E-state index contributed by atoms with van der Waals surface area (Å²) in [5.41, 5.74) is 0. The molecule has 1 aromatic heterocycles. The number of hydrogen-bond donors (Lipinski definition) is 0.